The number of nitrogens with zero attached hydrogens (tertiary/aromatic N) is 1. The highest BCUT2D eigenvalue weighted by Crippen LogP contribution is 2.29. The summed E-state index contributed by atoms with van der Waals surface area (Å²) in [5.41, 5.74) is 4.16. The summed E-state index contributed by atoms with van der Waals surface area (Å²) in [6.07, 6.45) is 0. The first-order valence-electron chi connectivity index (χ1n) is 10.5. The first-order valence-corrected chi connectivity index (χ1v) is 11.2. The highest BCUT2D eigenvalue weighted by atomic mass is 35.5. The second-order valence-electron chi connectivity index (χ2n) is 7.45. The van der Waals surface area contributed by atoms with E-state index in [0.29, 0.717) is 32.4 Å². The lowest BCUT2D eigenvalue weighted by atomic mass is 10.2. The van der Waals surface area contributed by atoms with E-state index < -0.39 is 17.7 Å². The summed E-state index contributed by atoms with van der Waals surface area (Å²) in [6.45, 7) is 0.124. The van der Waals surface area contributed by atoms with E-state index in [2.05, 4.69) is 16.1 Å². The Hall–Kier alpha value is -4.01. The van der Waals surface area contributed by atoms with Gasteiger partial charge in [-0.3, -0.25) is 19.8 Å². The van der Waals surface area contributed by atoms with Gasteiger partial charge in [-0.05, 0) is 42.0 Å². The molecule has 0 spiro atoms. The van der Waals surface area contributed by atoms with E-state index >= 15 is 0 Å². The molecule has 0 saturated heterocycles. The average Bonchev–Trinajstić information content (AvgIpc) is 3.23. The molecule has 0 aliphatic carbocycles. The number of carbonyl (C=O) groups is 3. The lowest BCUT2D eigenvalue weighted by molar-refractivity contribution is -0.136. The minimum atomic E-state index is -0.964. The molecule has 0 aliphatic rings. The Bertz CT molecular complexity index is 1420. The number of aromatic nitrogens is 1. The summed E-state index contributed by atoms with van der Waals surface area (Å²) in [7, 11) is 1.47. The summed E-state index contributed by atoms with van der Waals surface area (Å²) in [6, 6.07) is 20.4. The van der Waals surface area contributed by atoms with Gasteiger partial charge in [-0.1, -0.05) is 59.6 Å². The highest BCUT2D eigenvalue weighted by Gasteiger charge is 2.23. The van der Waals surface area contributed by atoms with Gasteiger partial charge < -0.3 is 15.4 Å². The van der Waals surface area contributed by atoms with Crippen LogP contribution in [-0.4, -0.2) is 29.5 Å². The first kappa shape index (κ1) is 24.1. The molecule has 0 atom stereocenters. The number of nitrogens with one attached hydrogen (secondary N) is 3. The van der Waals surface area contributed by atoms with E-state index in [0.717, 1.165) is 5.56 Å². The number of carbonyl (C=O) groups excluding carboxylic acids is 3. The van der Waals surface area contributed by atoms with Gasteiger partial charge in [0.1, 0.15) is 17.0 Å². The Labute approximate surface area is 210 Å². The Morgan fingerprint density at radius 3 is 2.37 bits per heavy atom. The van der Waals surface area contributed by atoms with E-state index in [1.165, 1.54) is 11.8 Å². The molecule has 0 fully saturated rings. The van der Waals surface area contributed by atoms with Crippen molar-refractivity contribution in [3.05, 3.63) is 94.1 Å². The topological polar surface area (TPSA) is 101 Å². The zero-order chi connectivity index (χ0) is 24.9. The number of hydrogen-bond acceptors (Lipinski definition) is 4. The molecule has 3 amide bonds. The maximum atomic E-state index is 13.2. The fraction of sp³-hybridized carbons (Fsp3) is 0.0800. The summed E-state index contributed by atoms with van der Waals surface area (Å²) in [5.74, 6) is -1.98. The highest BCUT2D eigenvalue weighted by molar-refractivity contribution is 6.38. The van der Waals surface area contributed by atoms with Crippen molar-refractivity contribution in [3.8, 4) is 5.75 Å². The second-order valence-corrected chi connectivity index (χ2v) is 8.29. The van der Waals surface area contributed by atoms with Crippen LogP contribution in [0.5, 0.6) is 5.75 Å². The first-order chi connectivity index (χ1) is 16.9. The summed E-state index contributed by atoms with van der Waals surface area (Å²) < 4.78 is 6.65. The number of anilines is 1. The normalized spacial score (nSPS) is 10.6. The molecule has 0 aliphatic heterocycles. The van der Waals surface area contributed by atoms with E-state index in [4.69, 9.17) is 27.9 Å². The molecule has 1 heterocycles. The van der Waals surface area contributed by atoms with Crippen LogP contribution in [0, 0.1) is 0 Å². The third kappa shape index (κ3) is 5.40. The fourth-order valence-corrected chi connectivity index (χ4v) is 3.75. The lowest BCUT2D eigenvalue weighted by Gasteiger charge is -2.14. The Kier molecular flexibility index (Phi) is 7.24. The summed E-state index contributed by atoms with van der Waals surface area (Å²) in [4.78, 5) is 38.4. The van der Waals surface area contributed by atoms with Crippen molar-refractivity contribution in [2.24, 2.45) is 0 Å². The zero-order valence-electron chi connectivity index (χ0n) is 18.5. The molecular weight excluding hydrogens is 491 g/mol. The van der Waals surface area contributed by atoms with E-state index in [1.807, 2.05) is 0 Å². The van der Waals surface area contributed by atoms with Gasteiger partial charge in [-0.25, -0.2) is 4.68 Å². The van der Waals surface area contributed by atoms with Gasteiger partial charge in [-0.2, -0.15) is 0 Å². The van der Waals surface area contributed by atoms with Crippen LogP contribution >= 0.6 is 23.2 Å². The van der Waals surface area contributed by atoms with Gasteiger partial charge >= 0.3 is 11.8 Å². The molecule has 4 aromatic rings. The van der Waals surface area contributed by atoms with Crippen LogP contribution < -0.4 is 20.8 Å². The molecule has 10 heteroatoms. The molecule has 178 valence electrons. The number of halogens is 2. The number of fused-ring (bicyclic) bond motifs is 1. The van der Waals surface area contributed by atoms with Crippen LogP contribution in [0.3, 0.4) is 0 Å². The smallest absolute Gasteiger partial charge is 0.328 e. The van der Waals surface area contributed by atoms with Crippen molar-refractivity contribution in [2.75, 3.05) is 17.9 Å². The molecule has 0 unspecified atom stereocenters. The number of hydrogen-bond donors (Lipinski definition) is 3. The fourth-order valence-electron chi connectivity index (χ4n) is 3.44. The molecule has 0 saturated carbocycles. The molecule has 1 aromatic heterocycles. The van der Waals surface area contributed by atoms with E-state index in [1.54, 1.807) is 72.8 Å². The van der Waals surface area contributed by atoms with Crippen molar-refractivity contribution in [2.45, 2.75) is 6.54 Å². The van der Waals surface area contributed by atoms with Crippen molar-refractivity contribution >= 4 is 57.5 Å². The SMILES string of the molecule is COc1cccc2cc(C(=O)Nc3ccccc3Cl)n(NC(=O)C(=O)NCc3ccc(Cl)cc3)c12. The van der Waals surface area contributed by atoms with Gasteiger partial charge in [0.05, 0.1) is 17.8 Å². The zero-order valence-corrected chi connectivity index (χ0v) is 20.0. The van der Waals surface area contributed by atoms with Crippen LogP contribution in [-0.2, 0) is 16.1 Å². The van der Waals surface area contributed by atoms with Gasteiger partial charge in [0.15, 0.2) is 0 Å². The number of ether oxygens (including phenoxy) is 1. The van der Waals surface area contributed by atoms with Crippen LogP contribution in [0.15, 0.2) is 72.8 Å². The number of para-hydroxylation sites is 2. The van der Waals surface area contributed by atoms with E-state index in [9.17, 15) is 14.4 Å². The molecule has 3 aromatic carbocycles. The van der Waals surface area contributed by atoms with Crippen LogP contribution in [0.1, 0.15) is 16.1 Å². The summed E-state index contributed by atoms with van der Waals surface area (Å²) in [5, 5.41) is 6.81. The number of amides is 3. The van der Waals surface area contributed by atoms with Crippen molar-refractivity contribution in [3.63, 3.8) is 0 Å². The number of rotatable bonds is 6. The van der Waals surface area contributed by atoms with Crippen molar-refractivity contribution in [1.29, 1.82) is 0 Å². The Morgan fingerprint density at radius 2 is 1.66 bits per heavy atom. The predicted molar refractivity (Wildman–Crippen MR) is 136 cm³/mol. The Balaban J connectivity index is 1.61. The maximum Gasteiger partial charge on any atom is 0.328 e. The van der Waals surface area contributed by atoms with Crippen molar-refractivity contribution in [1.82, 2.24) is 9.99 Å². The third-order valence-corrected chi connectivity index (χ3v) is 5.73. The lowest BCUT2D eigenvalue weighted by Crippen LogP contribution is -2.39. The molecule has 4 rings (SSSR count). The van der Waals surface area contributed by atoms with Gasteiger partial charge in [-0.15, -0.1) is 0 Å². The van der Waals surface area contributed by atoms with Crippen LogP contribution in [0.4, 0.5) is 5.69 Å². The van der Waals surface area contributed by atoms with Gasteiger partial charge in [0.2, 0.25) is 0 Å². The van der Waals surface area contributed by atoms with Gasteiger partial charge in [0.25, 0.3) is 5.91 Å². The minimum absolute atomic E-state index is 0.0725. The molecular formula is C25H20Cl2N4O4. The van der Waals surface area contributed by atoms with Crippen molar-refractivity contribution < 1.29 is 19.1 Å². The number of benzene rings is 3. The number of methoxy groups -OCH3 is 1. The summed E-state index contributed by atoms with van der Waals surface area (Å²) >= 11 is 12.0. The monoisotopic (exact) mass is 510 g/mol. The van der Waals surface area contributed by atoms with Gasteiger partial charge in [0, 0.05) is 17.0 Å². The van der Waals surface area contributed by atoms with E-state index in [-0.39, 0.29) is 12.2 Å². The molecule has 0 bridgehead atoms. The molecule has 35 heavy (non-hydrogen) atoms. The standard InChI is InChI=1S/C25H20Cl2N4O4/c1-35-21-8-4-5-16-13-20(23(32)29-19-7-3-2-6-18(19)27)31(22(16)21)30-25(34)24(33)28-14-15-9-11-17(26)12-10-15/h2-13H,14H2,1H3,(H,28,33)(H,29,32)(H,30,34). The average molecular weight is 511 g/mol. The molecule has 3 N–H and O–H groups in total. The van der Waals surface area contributed by atoms with Crippen LogP contribution in [0.25, 0.3) is 10.9 Å². The molecule has 8 nitrogen and oxygen atoms in total. The predicted octanol–water partition coefficient (Wildman–Crippen LogP) is 4.60. The Morgan fingerprint density at radius 1 is 0.914 bits per heavy atom. The third-order valence-electron chi connectivity index (χ3n) is 5.15. The second kappa shape index (κ2) is 10.5. The van der Waals surface area contributed by atoms with Crippen LogP contribution in [0.2, 0.25) is 10.0 Å². The molecule has 0 radical (unpaired) electrons. The quantitative estimate of drug-likeness (QED) is 0.330. The largest absolute Gasteiger partial charge is 0.494 e. The maximum absolute atomic E-state index is 13.2. The minimum Gasteiger partial charge on any atom is -0.494 e.